The average molecular weight is 448 g/mol. The van der Waals surface area contributed by atoms with E-state index < -0.39 is 79.9 Å². The largest absolute Gasteiger partial charge is 0.480 e. The standard InChI is InChI=1S/C19H32N2O10/c1-18(2,3)30-15(24)10-28-8-13(22)20-7-12(17(26)27)21-14(23)9-29-11-16(25)31-19(4,5)6/h12H,7-11H2,1-6H3,(H,20,22)(H,21,23)(H,26,27). The number of carbonyl (C=O) groups is 5. The van der Waals surface area contributed by atoms with Crippen molar-refractivity contribution in [1.29, 1.82) is 0 Å². The predicted molar refractivity (Wildman–Crippen MR) is 106 cm³/mol. The molecule has 0 saturated heterocycles. The molecule has 0 aliphatic heterocycles. The molecule has 0 aromatic heterocycles. The van der Waals surface area contributed by atoms with E-state index in [-0.39, 0.29) is 0 Å². The molecule has 3 N–H and O–H groups in total. The van der Waals surface area contributed by atoms with Crippen LogP contribution in [0.1, 0.15) is 41.5 Å². The lowest BCUT2D eigenvalue weighted by Gasteiger charge is -2.19. The maximum atomic E-state index is 11.8. The molecule has 0 rings (SSSR count). The topological polar surface area (TPSA) is 167 Å². The first-order chi connectivity index (χ1) is 14.1. The number of hydrogen-bond donors (Lipinski definition) is 3. The Kier molecular flexibility index (Phi) is 11.7. The van der Waals surface area contributed by atoms with Crippen molar-refractivity contribution < 1.29 is 48.0 Å². The van der Waals surface area contributed by atoms with Gasteiger partial charge in [-0.3, -0.25) is 9.59 Å². The SMILES string of the molecule is CC(C)(C)OC(=O)COCC(=O)NCC(NC(=O)COCC(=O)OC(C)(C)C)C(=O)O. The van der Waals surface area contributed by atoms with E-state index in [4.69, 9.17) is 24.1 Å². The zero-order valence-corrected chi connectivity index (χ0v) is 18.7. The molecule has 0 heterocycles. The first kappa shape index (κ1) is 28.3. The first-order valence-corrected chi connectivity index (χ1v) is 9.47. The van der Waals surface area contributed by atoms with Crippen molar-refractivity contribution in [3.8, 4) is 0 Å². The normalized spacial score (nSPS) is 12.5. The Labute approximate surface area is 180 Å². The molecule has 0 aromatic rings. The summed E-state index contributed by atoms with van der Waals surface area (Å²) >= 11 is 0. The van der Waals surface area contributed by atoms with Crippen molar-refractivity contribution in [2.24, 2.45) is 0 Å². The smallest absolute Gasteiger partial charge is 0.332 e. The predicted octanol–water partition coefficient (Wildman–Crippen LogP) is -0.611. The average Bonchev–Trinajstić information content (AvgIpc) is 2.54. The Morgan fingerprint density at radius 2 is 1.16 bits per heavy atom. The van der Waals surface area contributed by atoms with Crippen molar-refractivity contribution in [3.05, 3.63) is 0 Å². The third-order valence-electron chi connectivity index (χ3n) is 2.88. The van der Waals surface area contributed by atoms with Gasteiger partial charge in [0.15, 0.2) is 0 Å². The Bertz CT molecular complexity index is 649. The zero-order chi connectivity index (χ0) is 24.2. The summed E-state index contributed by atoms with van der Waals surface area (Å²) in [4.78, 5) is 57.7. The number of hydrogen-bond acceptors (Lipinski definition) is 9. The second-order valence-electron chi connectivity index (χ2n) is 8.42. The molecule has 0 fully saturated rings. The second kappa shape index (κ2) is 12.8. The van der Waals surface area contributed by atoms with Crippen LogP contribution in [0.3, 0.4) is 0 Å². The Morgan fingerprint density at radius 1 is 0.742 bits per heavy atom. The zero-order valence-electron chi connectivity index (χ0n) is 18.7. The lowest BCUT2D eigenvalue weighted by molar-refractivity contribution is -0.162. The van der Waals surface area contributed by atoms with Gasteiger partial charge < -0.3 is 34.7 Å². The lowest BCUT2D eigenvalue weighted by Crippen LogP contribution is -2.50. The van der Waals surface area contributed by atoms with E-state index in [1.165, 1.54) is 0 Å². The van der Waals surface area contributed by atoms with Crippen molar-refractivity contribution >= 4 is 29.7 Å². The van der Waals surface area contributed by atoms with Gasteiger partial charge in [-0.15, -0.1) is 0 Å². The number of ether oxygens (including phenoxy) is 4. The molecule has 1 unspecified atom stereocenters. The number of amides is 2. The number of nitrogens with one attached hydrogen (secondary N) is 2. The molecule has 178 valence electrons. The molecule has 0 aliphatic carbocycles. The van der Waals surface area contributed by atoms with Crippen LogP contribution in [0.2, 0.25) is 0 Å². The van der Waals surface area contributed by atoms with Gasteiger partial charge in [-0.25, -0.2) is 14.4 Å². The third-order valence-corrected chi connectivity index (χ3v) is 2.88. The molecule has 12 heteroatoms. The van der Waals surface area contributed by atoms with Gasteiger partial charge in [-0.05, 0) is 41.5 Å². The molecule has 0 aromatic carbocycles. The number of esters is 2. The van der Waals surface area contributed by atoms with E-state index in [0.717, 1.165) is 0 Å². The molecule has 2 amide bonds. The number of carboxylic acid groups (broad SMARTS) is 1. The summed E-state index contributed by atoms with van der Waals surface area (Å²) in [6.45, 7) is 7.63. The van der Waals surface area contributed by atoms with Gasteiger partial charge >= 0.3 is 17.9 Å². The third kappa shape index (κ3) is 16.7. The van der Waals surface area contributed by atoms with Crippen LogP contribution in [-0.2, 0) is 42.9 Å². The molecule has 1 atom stereocenters. The van der Waals surface area contributed by atoms with Crippen LogP contribution < -0.4 is 10.6 Å². The Morgan fingerprint density at radius 3 is 1.55 bits per heavy atom. The van der Waals surface area contributed by atoms with Gasteiger partial charge in [-0.1, -0.05) is 0 Å². The monoisotopic (exact) mass is 448 g/mol. The van der Waals surface area contributed by atoms with E-state index in [1.807, 2.05) is 0 Å². The first-order valence-electron chi connectivity index (χ1n) is 9.47. The number of aliphatic carboxylic acids is 1. The van der Waals surface area contributed by atoms with Gasteiger partial charge in [0, 0.05) is 6.54 Å². The van der Waals surface area contributed by atoms with Gasteiger partial charge in [0.05, 0.1) is 0 Å². The summed E-state index contributed by atoms with van der Waals surface area (Å²) < 4.78 is 19.8. The molecule has 31 heavy (non-hydrogen) atoms. The Balaban J connectivity index is 4.24. The summed E-state index contributed by atoms with van der Waals surface area (Å²) in [7, 11) is 0. The van der Waals surface area contributed by atoms with E-state index in [9.17, 15) is 24.0 Å². The molecule has 0 saturated carbocycles. The fraction of sp³-hybridized carbons (Fsp3) is 0.737. The van der Waals surface area contributed by atoms with E-state index in [2.05, 4.69) is 10.6 Å². The minimum Gasteiger partial charge on any atom is -0.480 e. The summed E-state index contributed by atoms with van der Waals surface area (Å²) in [6.07, 6.45) is 0. The number of carbonyl (C=O) groups excluding carboxylic acids is 4. The van der Waals surface area contributed by atoms with Crippen LogP contribution in [-0.4, -0.2) is 85.0 Å². The molecule has 0 radical (unpaired) electrons. The summed E-state index contributed by atoms with van der Waals surface area (Å²) in [5.41, 5.74) is -1.39. The van der Waals surface area contributed by atoms with Crippen molar-refractivity contribution in [2.45, 2.75) is 58.8 Å². The quantitative estimate of drug-likeness (QED) is 0.328. The van der Waals surface area contributed by atoms with Gasteiger partial charge in [0.2, 0.25) is 11.8 Å². The Hall–Kier alpha value is -2.73. The van der Waals surface area contributed by atoms with Crippen molar-refractivity contribution in [2.75, 3.05) is 33.0 Å². The number of carboxylic acids is 1. The highest BCUT2D eigenvalue weighted by atomic mass is 16.6. The van der Waals surface area contributed by atoms with Crippen LogP contribution in [0.5, 0.6) is 0 Å². The fourth-order valence-electron chi connectivity index (χ4n) is 1.90. The molecular weight excluding hydrogens is 416 g/mol. The molecule has 0 spiro atoms. The summed E-state index contributed by atoms with van der Waals surface area (Å²) in [6, 6.07) is -1.44. The van der Waals surface area contributed by atoms with Gasteiger partial charge in [0.1, 0.15) is 43.7 Å². The molecular formula is C19H32N2O10. The highest BCUT2D eigenvalue weighted by Gasteiger charge is 2.22. The molecule has 0 bridgehead atoms. The van der Waals surface area contributed by atoms with Crippen LogP contribution in [0.15, 0.2) is 0 Å². The van der Waals surface area contributed by atoms with Crippen molar-refractivity contribution in [3.63, 3.8) is 0 Å². The van der Waals surface area contributed by atoms with Crippen LogP contribution in [0.25, 0.3) is 0 Å². The second-order valence-corrected chi connectivity index (χ2v) is 8.42. The minimum absolute atomic E-state index is 0.429. The minimum atomic E-state index is -1.44. The highest BCUT2D eigenvalue weighted by Crippen LogP contribution is 2.07. The van der Waals surface area contributed by atoms with Crippen LogP contribution in [0, 0.1) is 0 Å². The van der Waals surface area contributed by atoms with E-state index >= 15 is 0 Å². The maximum absolute atomic E-state index is 11.8. The van der Waals surface area contributed by atoms with E-state index in [1.54, 1.807) is 41.5 Å². The molecule has 12 nitrogen and oxygen atoms in total. The molecule has 0 aliphatic rings. The maximum Gasteiger partial charge on any atom is 0.332 e. The van der Waals surface area contributed by atoms with Crippen molar-refractivity contribution in [1.82, 2.24) is 10.6 Å². The highest BCUT2D eigenvalue weighted by molar-refractivity contribution is 5.85. The van der Waals surface area contributed by atoms with E-state index in [0.29, 0.717) is 0 Å². The van der Waals surface area contributed by atoms with Gasteiger partial charge in [-0.2, -0.15) is 0 Å². The number of rotatable bonds is 12. The van der Waals surface area contributed by atoms with Crippen LogP contribution in [0.4, 0.5) is 0 Å². The fourth-order valence-corrected chi connectivity index (χ4v) is 1.90. The van der Waals surface area contributed by atoms with Gasteiger partial charge in [0.25, 0.3) is 0 Å². The van der Waals surface area contributed by atoms with Crippen LogP contribution >= 0.6 is 0 Å². The summed E-state index contributed by atoms with van der Waals surface area (Å²) in [5, 5.41) is 13.6. The lowest BCUT2D eigenvalue weighted by atomic mass is 10.2. The summed E-state index contributed by atoms with van der Waals surface area (Å²) in [5.74, 6) is -4.21.